The highest BCUT2D eigenvalue weighted by Crippen LogP contribution is 2.22. The van der Waals surface area contributed by atoms with Gasteiger partial charge >= 0.3 is 11.8 Å². The number of hydrogen-bond donors (Lipinski definition) is 2. The summed E-state index contributed by atoms with van der Waals surface area (Å²) in [5, 5.41) is 5.40. The number of carbonyl (C=O) groups excluding carboxylic acids is 2. The van der Waals surface area contributed by atoms with Gasteiger partial charge in [-0.2, -0.15) is 0 Å². The normalized spacial score (nSPS) is 10.2. The number of amides is 2. The predicted octanol–water partition coefficient (Wildman–Crippen LogP) is 3.07. The van der Waals surface area contributed by atoms with Gasteiger partial charge in [0.15, 0.2) is 0 Å². The van der Waals surface area contributed by atoms with Crippen molar-refractivity contribution in [3.05, 3.63) is 59.2 Å². The van der Waals surface area contributed by atoms with Gasteiger partial charge in [-0.15, -0.1) is 0 Å². The van der Waals surface area contributed by atoms with Crippen molar-refractivity contribution in [2.45, 2.75) is 33.2 Å². The Morgan fingerprint density at radius 2 is 1.52 bits per heavy atom. The molecule has 2 aromatic carbocycles. The molecular formula is C20H24N2O3. The fraction of sp³-hybridized carbons (Fsp3) is 0.300. The summed E-state index contributed by atoms with van der Waals surface area (Å²) >= 11 is 0. The lowest BCUT2D eigenvalue weighted by Crippen LogP contribution is -2.35. The van der Waals surface area contributed by atoms with Gasteiger partial charge in [-0.1, -0.05) is 44.2 Å². The Bertz CT molecular complexity index is 717. The number of benzene rings is 2. The summed E-state index contributed by atoms with van der Waals surface area (Å²) in [7, 11) is 1.60. The summed E-state index contributed by atoms with van der Waals surface area (Å²) in [6, 6.07) is 13.2. The van der Waals surface area contributed by atoms with Crippen LogP contribution in [0.4, 0.5) is 5.69 Å². The molecule has 5 heteroatoms. The standard InChI is InChI=1S/C20H24N2O3/c1-4-15-7-6-8-16(5-2)18(15)22-20(24)19(23)21-13-14-9-11-17(25-3)12-10-14/h6-12H,4-5,13H2,1-3H3,(H,21,23)(H,22,24). The van der Waals surface area contributed by atoms with E-state index in [0.717, 1.165) is 41.0 Å². The van der Waals surface area contributed by atoms with E-state index in [1.807, 2.05) is 56.3 Å². The maximum atomic E-state index is 12.2. The minimum atomic E-state index is -0.649. The monoisotopic (exact) mass is 340 g/mol. The van der Waals surface area contributed by atoms with E-state index in [4.69, 9.17) is 4.74 Å². The molecule has 5 nitrogen and oxygen atoms in total. The van der Waals surface area contributed by atoms with Crippen molar-refractivity contribution >= 4 is 17.5 Å². The van der Waals surface area contributed by atoms with Crippen molar-refractivity contribution in [3.63, 3.8) is 0 Å². The van der Waals surface area contributed by atoms with E-state index in [1.54, 1.807) is 7.11 Å². The van der Waals surface area contributed by atoms with Gasteiger partial charge in [-0.3, -0.25) is 9.59 Å². The van der Waals surface area contributed by atoms with Gasteiger partial charge in [0.25, 0.3) is 0 Å². The van der Waals surface area contributed by atoms with Gasteiger partial charge in [0, 0.05) is 12.2 Å². The van der Waals surface area contributed by atoms with Gasteiger partial charge in [-0.05, 0) is 41.7 Å². The van der Waals surface area contributed by atoms with Crippen molar-refractivity contribution in [3.8, 4) is 5.75 Å². The fourth-order valence-electron chi connectivity index (χ4n) is 2.58. The minimum absolute atomic E-state index is 0.284. The molecule has 2 amide bonds. The molecule has 0 fully saturated rings. The SMILES string of the molecule is CCc1cccc(CC)c1NC(=O)C(=O)NCc1ccc(OC)cc1. The zero-order valence-electron chi connectivity index (χ0n) is 14.9. The average molecular weight is 340 g/mol. The third-order valence-corrected chi connectivity index (χ3v) is 4.06. The Hall–Kier alpha value is -2.82. The number of nitrogens with one attached hydrogen (secondary N) is 2. The molecule has 0 radical (unpaired) electrons. The first kappa shape index (κ1) is 18.5. The number of aryl methyl sites for hydroxylation is 2. The van der Waals surface area contributed by atoms with E-state index in [-0.39, 0.29) is 6.54 Å². The van der Waals surface area contributed by atoms with Crippen LogP contribution >= 0.6 is 0 Å². The van der Waals surface area contributed by atoms with Gasteiger partial charge in [0.2, 0.25) is 0 Å². The van der Waals surface area contributed by atoms with Crippen LogP contribution in [0.1, 0.15) is 30.5 Å². The van der Waals surface area contributed by atoms with Crippen LogP contribution in [0.15, 0.2) is 42.5 Å². The zero-order valence-corrected chi connectivity index (χ0v) is 14.9. The van der Waals surface area contributed by atoms with E-state index in [0.29, 0.717) is 0 Å². The summed E-state index contributed by atoms with van der Waals surface area (Å²) in [4.78, 5) is 24.3. The molecule has 0 unspecified atom stereocenters. The van der Waals surface area contributed by atoms with Crippen molar-refractivity contribution in [1.82, 2.24) is 5.32 Å². The average Bonchev–Trinajstić information content (AvgIpc) is 2.66. The van der Waals surface area contributed by atoms with E-state index < -0.39 is 11.8 Å². The fourth-order valence-corrected chi connectivity index (χ4v) is 2.58. The molecule has 0 heterocycles. The van der Waals surface area contributed by atoms with Crippen LogP contribution in [-0.2, 0) is 29.0 Å². The first-order valence-electron chi connectivity index (χ1n) is 8.41. The molecule has 0 aliphatic heterocycles. The summed E-state index contributed by atoms with van der Waals surface area (Å²) < 4.78 is 5.09. The second-order valence-electron chi connectivity index (χ2n) is 5.64. The number of methoxy groups -OCH3 is 1. The lowest BCUT2D eigenvalue weighted by atomic mass is 10.0. The third-order valence-electron chi connectivity index (χ3n) is 4.06. The van der Waals surface area contributed by atoms with Crippen molar-refractivity contribution in [2.75, 3.05) is 12.4 Å². The molecule has 2 aromatic rings. The molecule has 0 spiro atoms. The number of hydrogen-bond acceptors (Lipinski definition) is 3. The second kappa shape index (κ2) is 8.87. The van der Waals surface area contributed by atoms with Crippen LogP contribution in [-0.4, -0.2) is 18.9 Å². The molecule has 0 saturated heterocycles. The maximum absolute atomic E-state index is 12.2. The van der Waals surface area contributed by atoms with Crippen LogP contribution in [0.25, 0.3) is 0 Å². The highest BCUT2D eigenvalue weighted by molar-refractivity contribution is 6.39. The Kier molecular flexibility index (Phi) is 6.57. The van der Waals surface area contributed by atoms with Gasteiger partial charge in [0.1, 0.15) is 5.75 Å². The van der Waals surface area contributed by atoms with Crippen LogP contribution in [0.3, 0.4) is 0 Å². The highest BCUT2D eigenvalue weighted by Gasteiger charge is 2.16. The second-order valence-corrected chi connectivity index (χ2v) is 5.64. The number of carbonyl (C=O) groups is 2. The number of ether oxygens (including phenoxy) is 1. The number of anilines is 1. The third kappa shape index (κ3) is 4.83. The highest BCUT2D eigenvalue weighted by atomic mass is 16.5. The molecule has 0 atom stereocenters. The molecule has 0 aromatic heterocycles. The van der Waals surface area contributed by atoms with E-state index in [9.17, 15) is 9.59 Å². The molecule has 2 N–H and O–H groups in total. The van der Waals surface area contributed by atoms with E-state index in [1.165, 1.54) is 0 Å². The van der Waals surface area contributed by atoms with Crippen molar-refractivity contribution in [2.24, 2.45) is 0 Å². The molecule has 0 aliphatic rings. The summed E-state index contributed by atoms with van der Waals surface area (Å²) in [5.74, 6) is -0.552. The molecular weight excluding hydrogens is 316 g/mol. The maximum Gasteiger partial charge on any atom is 0.313 e. The van der Waals surface area contributed by atoms with Gasteiger partial charge in [0.05, 0.1) is 7.11 Å². The number of rotatable bonds is 6. The van der Waals surface area contributed by atoms with Gasteiger partial charge < -0.3 is 15.4 Å². The summed E-state index contributed by atoms with van der Waals surface area (Å²) in [6.07, 6.45) is 1.58. The quantitative estimate of drug-likeness (QED) is 0.794. The smallest absolute Gasteiger partial charge is 0.313 e. The summed E-state index contributed by atoms with van der Waals surface area (Å²) in [5.41, 5.74) is 3.69. The molecule has 0 aliphatic carbocycles. The molecule has 0 bridgehead atoms. The topological polar surface area (TPSA) is 67.4 Å². The van der Waals surface area contributed by atoms with Crippen molar-refractivity contribution < 1.29 is 14.3 Å². The molecule has 25 heavy (non-hydrogen) atoms. The lowest BCUT2D eigenvalue weighted by molar-refractivity contribution is -0.136. The largest absolute Gasteiger partial charge is 0.497 e. The Labute approximate surface area is 148 Å². The van der Waals surface area contributed by atoms with Crippen LogP contribution in [0, 0.1) is 0 Å². The predicted molar refractivity (Wildman–Crippen MR) is 98.7 cm³/mol. The molecule has 2 rings (SSSR count). The lowest BCUT2D eigenvalue weighted by Gasteiger charge is -2.14. The Morgan fingerprint density at radius 1 is 0.920 bits per heavy atom. The van der Waals surface area contributed by atoms with Crippen LogP contribution in [0.5, 0.6) is 5.75 Å². The Balaban J connectivity index is 1.99. The van der Waals surface area contributed by atoms with E-state index >= 15 is 0 Å². The van der Waals surface area contributed by atoms with Crippen LogP contribution in [0.2, 0.25) is 0 Å². The first-order chi connectivity index (χ1) is 12.1. The van der Waals surface area contributed by atoms with Crippen LogP contribution < -0.4 is 15.4 Å². The first-order valence-corrected chi connectivity index (χ1v) is 8.41. The summed E-state index contributed by atoms with van der Waals surface area (Å²) in [6.45, 7) is 4.33. The van der Waals surface area contributed by atoms with Crippen molar-refractivity contribution in [1.29, 1.82) is 0 Å². The van der Waals surface area contributed by atoms with Gasteiger partial charge in [-0.25, -0.2) is 0 Å². The number of para-hydroxylation sites is 1. The molecule has 132 valence electrons. The Morgan fingerprint density at radius 3 is 2.04 bits per heavy atom. The molecule has 0 saturated carbocycles. The van der Waals surface area contributed by atoms with E-state index in [2.05, 4.69) is 10.6 Å². The minimum Gasteiger partial charge on any atom is -0.497 e. The zero-order chi connectivity index (χ0) is 18.2.